The molecule has 0 aliphatic heterocycles. The Bertz CT molecular complexity index is 532. The molecule has 0 aromatic heterocycles. The molecule has 1 N–H and O–H groups in total. The van der Waals surface area contributed by atoms with Crippen LogP contribution in [0.25, 0.3) is 0 Å². The van der Waals surface area contributed by atoms with Gasteiger partial charge in [0, 0.05) is 18.4 Å². The van der Waals surface area contributed by atoms with Crippen molar-refractivity contribution in [2.75, 3.05) is 24.7 Å². The summed E-state index contributed by atoms with van der Waals surface area (Å²) < 4.78 is 41.6. The predicted octanol–water partition coefficient (Wildman–Crippen LogP) is 2.53. The van der Waals surface area contributed by atoms with Crippen molar-refractivity contribution in [1.82, 2.24) is 5.32 Å². The van der Waals surface area contributed by atoms with Gasteiger partial charge in [-0.25, -0.2) is 12.8 Å². The standard InChI is InChI=1S/C15H24FNO3S/c1-3-6-17-12-13-9-14(16)11-15(10-13)20-7-5-8-21(18,19)4-2/h9-11,17H,3-8,12H2,1-2H3. The molecule has 4 nitrogen and oxygen atoms in total. The number of hydrogen-bond donors (Lipinski definition) is 1. The molecule has 0 bridgehead atoms. The number of rotatable bonds is 10. The van der Waals surface area contributed by atoms with Gasteiger partial charge < -0.3 is 10.1 Å². The lowest BCUT2D eigenvalue weighted by Gasteiger charge is -2.09. The van der Waals surface area contributed by atoms with E-state index in [2.05, 4.69) is 12.2 Å². The average Bonchev–Trinajstić information content (AvgIpc) is 2.43. The number of hydrogen-bond acceptors (Lipinski definition) is 4. The van der Waals surface area contributed by atoms with Crippen LogP contribution < -0.4 is 10.1 Å². The highest BCUT2D eigenvalue weighted by Gasteiger charge is 2.07. The van der Waals surface area contributed by atoms with E-state index in [1.165, 1.54) is 12.1 Å². The molecule has 1 aromatic rings. The van der Waals surface area contributed by atoms with Crippen LogP contribution >= 0.6 is 0 Å². The second-order valence-corrected chi connectivity index (χ2v) is 7.38. The first-order valence-corrected chi connectivity index (χ1v) is 9.12. The van der Waals surface area contributed by atoms with Crippen molar-refractivity contribution in [1.29, 1.82) is 0 Å². The van der Waals surface area contributed by atoms with Crippen molar-refractivity contribution in [2.24, 2.45) is 0 Å². The molecule has 6 heteroatoms. The van der Waals surface area contributed by atoms with Gasteiger partial charge in [0.25, 0.3) is 0 Å². The number of ether oxygens (including phenoxy) is 1. The highest BCUT2D eigenvalue weighted by atomic mass is 32.2. The number of sulfone groups is 1. The Balaban J connectivity index is 2.47. The van der Waals surface area contributed by atoms with Crippen LogP contribution in [0.2, 0.25) is 0 Å². The SMILES string of the molecule is CCCNCc1cc(F)cc(OCCCS(=O)(=O)CC)c1. The minimum atomic E-state index is -2.97. The largest absolute Gasteiger partial charge is 0.493 e. The number of halogens is 1. The van der Waals surface area contributed by atoms with Crippen molar-refractivity contribution in [2.45, 2.75) is 33.2 Å². The van der Waals surface area contributed by atoms with Crippen LogP contribution in [0.3, 0.4) is 0 Å². The summed E-state index contributed by atoms with van der Waals surface area (Å²) in [6.45, 7) is 5.42. The molecule has 1 aromatic carbocycles. The molecule has 0 saturated carbocycles. The first-order valence-electron chi connectivity index (χ1n) is 7.30. The topological polar surface area (TPSA) is 55.4 Å². The first kappa shape index (κ1) is 17.9. The lowest BCUT2D eigenvalue weighted by Crippen LogP contribution is -2.14. The maximum atomic E-state index is 13.5. The van der Waals surface area contributed by atoms with Gasteiger partial charge in [-0.2, -0.15) is 0 Å². The van der Waals surface area contributed by atoms with Crippen molar-refractivity contribution in [3.63, 3.8) is 0 Å². The first-order chi connectivity index (χ1) is 9.96. The van der Waals surface area contributed by atoms with Gasteiger partial charge in [-0.05, 0) is 37.1 Å². The van der Waals surface area contributed by atoms with Crippen LogP contribution in [0.5, 0.6) is 5.75 Å². The molecule has 0 heterocycles. The van der Waals surface area contributed by atoms with E-state index in [0.29, 0.717) is 18.7 Å². The van der Waals surface area contributed by atoms with E-state index in [-0.39, 0.29) is 23.9 Å². The van der Waals surface area contributed by atoms with E-state index < -0.39 is 9.84 Å². The minimum Gasteiger partial charge on any atom is -0.493 e. The maximum Gasteiger partial charge on any atom is 0.150 e. The summed E-state index contributed by atoms with van der Waals surface area (Å²) in [5, 5.41) is 3.20. The van der Waals surface area contributed by atoms with Crippen molar-refractivity contribution >= 4 is 9.84 Å². The summed E-state index contributed by atoms with van der Waals surface area (Å²) in [5.74, 6) is 0.336. The van der Waals surface area contributed by atoms with Gasteiger partial charge in [-0.15, -0.1) is 0 Å². The molecule has 0 radical (unpaired) electrons. The zero-order chi connectivity index (χ0) is 15.7. The fourth-order valence-corrected chi connectivity index (χ4v) is 2.68. The van der Waals surface area contributed by atoms with E-state index in [9.17, 15) is 12.8 Å². The van der Waals surface area contributed by atoms with Gasteiger partial charge in [-0.1, -0.05) is 13.8 Å². The summed E-state index contributed by atoms with van der Waals surface area (Å²) in [6.07, 6.45) is 1.43. The van der Waals surface area contributed by atoms with Crippen LogP contribution in [0.1, 0.15) is 32.3 Å². The predicted molar refractivity (Wildman–Crippen MR) is 82.8 cm³/mol. The zero-order valence-corrected chi connectivity index (χ0v) is 13.5. The van der Waals surface area contributed by atoms with Crippen LogP contribution in [0, 0.1) is 5.82 Å². The van der Waals surface area contributed by atoms with Crippen molar-refractivity contribution in [3.8, 4) is 5.75 Å². The molecule has 0 aliphatic carbocycles. The third-order valence-corrected chi connectivity index (χ3v) is 4.79. The smallest absolute Gasteiger partial charge is 0.150 e. The molecular formula is C15H24FNO3S. The van der Waals surface area contributed by atoms with Gasteiger partial charge in [-0.3, -0.25) is 0 Å². The minimum absolute atomic E-state index is 0.101. The maximum absolute atomic E-state index is 13.5. The fourth-order valence-electron chi connectivity index (χ4n) is 1.83. The Labute approximate surface area is 126 Å². The molecule has 21 heavy (non-hydrogen) atoms. The van der Waals surface area contributed by atoms with Gasteiger partial charge in [0.05, 0.1) is 12.4 Å². The molecular weight excluding hydrogens is 293 g/mol. The Morgan fingerprint density at radius 2 is 2.00 bits per heavy atom. The summed E-state index contributed by atoms with van der Waals surface area (Å²) in [7, 11) is -2.97. The Morgan fingerprint density at radius 1 is 1.24 bits per heavy atom. The average molecular weight is 317 g/mol. The van der Waals surface area contributed by atoms with Crippen LogP contribution in [0.15, 0.2) is 18.2 Å². The highest BCUT2D eigenvalue weighted by Crippen LogP contribution is 2.16. The second-order valence-electron chi connectivity index (χ2n) is 4.91. The van der Waals surface area contributed by atoms with E-state index in [1.54, 1.807) is 13.0 Å². The molecule has 0 atom stereocenters. The van der Waals surface area contributed by atoms with Crippen molar-refractivity contribution < 1.29 is 17.5 Å². The van der Waals surface area contributed by atoms with Gasteiger partial charge in [0.1, 0.15) is 21.4 Å². The van der Waals surface area contributed by atoms with E-state index in [4.69, 9.17) is 4.74 Å². The van der Waals surface area contributed by atoms with E-state index >= 15 is 0 Å². The van der Waals surface area contributed by atoms with Crippen molar-refractivity contribution in [3.05, 3.63) is 29.6 Å². The molecule has 120 valence electrons. The molecule has 0 amide bonds. The molecule has 0 spiro atoms. The summed E-state index contributed by atoms with van der Waals surface area (Å²) in [4.78, 5) is 0. The molecule has 0 fully saturated rings. The summed E-state index contributed by atoms with van der Waals surface area (Å²) in [5.41, 5.74) is 0.819. The van der Waals surface area contributed by atoms with Crippen LogP contribution in [-0.4, -0.2) is 33.1 Å². The third kappa shape index (κ3) is 7.43. The normalized spacial score (nSPS) is 11.6. The molecule has 1 rings (SSSR count). The molecule has 0 unspecified atom stereocenters. The van der Waals surface area contributed by atoms with Gasteiger partial charge in [0.2, 0.25) is 0 Å². The highest BCUT2D eigenvalue weighted by molar-refractivity contribution is 7.91. The fraction of sp³-hybridized carbons (Fsp3) is 0.600. The van der Waals surface area contributed by atoms with E-state index in [1.807, 2.05) is 0 Å². The molecule has 0 aliphatic rings. The van der Waals surface area contributed by atoms with Crippen LogP contribution in [0.4, 0.5) is 4.39 Å². The van der Waals surface area contributed by atoms with E-state index in [0.717, 1.165) is 18.5 Å². The Kier molecular flexibility index (Phi) is 7.67. The second kappa shape index (κ2) is 9.00. The third-order valence-electron chi connectivity index (χ3n) is 3.00. The number of benzene rings is 1. The lowest BCUT2D eigenvalue weighted by molar-refractivity contribution is 0.315. The summed E-state index contributed by atoms with van der Waals surface area (Å²) >= 11 is 0. The van der Waals surface area contributed by atoms with Gasteiger partial charge >= 0.3 is 0 Å². The van der Waals surface area contributed by atoms with Crippen LogP contribution in [-0.2, 0) is 16.4 Å². The monoisotopic (exact) mass is 317 g/mol. The Morgan fingerprint density at radius 3 is 2.67 bits per heavy atom. The van der Waals surface area contributed by atoms with Gasteiger partial charge in [0.15, 0.2) is 0 Å². The number of nitrogens with one attached hydrogen (secondary N) is 1. The summed E-state index contributed by atoms with van der Waals surface area (Å²) in [6, 6.07) is 4.56. The zero-order valence-electron chi connectivity index (χ0n) is 12.7. The molecule has 0 saturated heterocycles. The Hall–Kier alpha value is -1.14. The lowest BCUT2D eigenvalue weighted by atomic mass is 10.2. The quantitative estimate of drug-likeness (QED) is 0.674.